The number of esters is 1. The molecule has 3 rings (SSSR count). The molecule has 1 radical (unpaired) electrons. The third kappa shape index (κ3) is 9.20. The van der Waals surface area contributed by atoms with Gasteiger partial charge in [-0.15, -0.1) is 0 Å². The smallest absolute Gasteiger partial charge is 0.408 e. The van der Waals surface area contributed by atoms with Gasteiger partial charge < -0.3 is 19.2 Å². The van der Waals surface area contributed by atoms with E-state index in [1.807, 2.05) is 25.1 Å². The number of amides is 1. The Labute approximate surface area is 265 Å². The maximum Gasteiger partial charge on any atom is 0.408 e. The molecule has 2 aliphatic carbocycles. The van der Waals surface area contributed by atoms with Gasteiger partial charge in [0.25, 0.3) is 0 Å². The van der Waals surface area contributed by atoms with Gasteiger partial charge in [0.1, 0.15) is 11.8 Å². The van der Waals surface area contributed by atoms with Gasteiger partial charge in [-0.1, -0.05) is 65.3 Å². The van der Waals surface area contributed by atoms with Crippen molar-refractivity contribution in [2.24, 2.45) is 28.6 Å². The lowest BCUT2D eigenvalue weighted by molar-refractivity contribution is -0.156. The second kappa shape index (κ2) is 13.4. The number of alkyl carbamates (subject to hydrolysis) is 1. The minimum atomic E-state index is -1.33. The number of nitrogens with one attached hydrogen (secondary N) is 1. The minimum absolute atomic E-state index is 0.0478. The summed E-state index contributed by atoms with van der Waals surface area (Å²) in [7, 11) is 0.456. The van der Waals surface area contributed by atoms with E-state index < -0.39 is 44.3 Å². The first-order valence-electron chi connectivity index (χ1n) is 15.7. The number of halogens is 2. The summed E-state index contributed by atoms with van der Waals surface area (Å²) < 4.78 is 31.6. The molecule has 2 aliphatic rings. The van der Waals surface area contributed by atoms with Crippen LogP contribution in [0.1, 0.15) is 98.6 Å². The lowest BCUT2D eigenvalue weighted by Crippen LogP contribution is -2.58. The van der Waals surface area contributed by atoms with Crippen LogP contribution in [0.5, 0.6) is 0 Å². The van der Waals surface area contributed by atoms with Gasteiger partial charge in [-0.05, 0) is 92.5 Å². The van der Waals surface area contributed by atoms with Gasteiger partial charge in [-0.3, -0.25) is 4.79 Å². The van der Waals surface area contributed by atoms with Crippen molar-refractivity contribution < 1.29 is 27.9 Å². The molecule has 0 heterocycles. The molecule has 243 valence electrons. The van der Waals surface area contributed by atoms with Gasteiger partial charge in [0.2, 0.25) is 9.04 Å². The van der Waals surface area contributed by atoms with Crippen molar-refractivity contribution in [3.05, 3.63) is 34.3 Å². The minimum Gasteiger partial charge on any atom is -0.469 e. The Morgan fingerprint density at radius 2 is 1.70 bits per heavy atom. The topological polar surface area (TPSA) is 73.9 Å². The quantitative estimate of drug-likeness (QED) is 0.194. The number of rotatable bonds is 11. The van der Waals surface area contributed by atoms with Gasteiger partial charge in [-0.2, -0.15) is 0 Å². The van der Waals surface area contributed by atoms with Crippen LogP contribution < -0.4 is 5.32 Å². The average Bonchev–Trinajstić information content (AvgIpc) is 2.80. The predicted molar refractivity (Wildman–Crippen MR) is 172 cm³/mol. The fourth-order valence-electron chi connectivity index (χ4n) is 6.77. The maximum absolute atomic E-state index is 14.1. The number of hydrogen-bond acceptors (Lipinski definition) is 5. The molecule has 9 heteroatoms. The van der Waals surface area contributed by atoms with E-state index in [9.17, 15) is 14.0 Å². The van der Waals surface area contributed by atoms with Crippen LogP contribution >= 0.6 is 11.6 Å². The molecule has 0 aromatic heterocycles. The Kier molecular flexibility index (Phi) is 11.1. The van der Waals surface area contributed by atoms with Crippen molar-refractivity contribution in [2.45, 2.75) is 130 Å². The van der Waals surface area contributed by atoms with E-state index in [0.717, 1.165) is 31.2 Å². The summed E-state index contributed by atoms with van der Waals surface area (Å²) in [6.07, 6.45) is 2.51. The van der Waals surface area contributed by atoms with Crippen molar-refractivity contribution >= 4 is 32.7 Å². The van der Waals surface area contributed by atoms with Crippen molar-refractivity contribution in [3.63, 3.8) is 0 Å². The molecule has 0 spiro atoms. The number of carbonyl (C=O) groups is 2. The number of hydrogen-bond donors (Lipinski definition) is 1. The zero-order valence-corrected chi connectivity index (χ0v) is 29.9. The lowest BCUT2D eigenvalue weighted by atomic mass is 9.58. The summed E-state index contributed by atoms with van der Waals surface area (Å²) in [6.45, 7) is 20.8. The second-order valence-corrected chi connectivity index (χ2v) is 18.3. The van der Waals surface area contributed by atoms with Crippen molar-refractivity contribution in [3.8, 4) is 0 Å². The van der Waals surface area contributed by atoms with E-state index >= 15 is 0 Å². The predicted octanol–water partition coefficient (Wildman–Crippen LogP) is 8.65. The van der Waals surface area contributed by atoms with E-state index in [4.69, 9.17) is 25.5 Å². The molecular weight excluding hydrogens is 585 g/mol. The summed E-state index contributed by atoms with van der Waals surface area (Å²) in [4.78, 5) is 26.9. The highest BCUT2D eigenvalue weighted by Crippen LogP contribution is 2.51. The Morgan fingerprint density at radius 1 is 1.09 bits per heavy atom. The lowest BCUT2D eigenvalue weighted by Gasteiger charge is -2.51. The van der Waals surface area contributed by atoms with Crippen LogP contribution in [0.25, 0.3) is 0 Å². The van der Waals surface area contributed by atoms with E-state index in [1.165, 1.54) is 14.0 Å². The van der Waals surface area contributed by atoms with Gasteiger partial charge in [0.15, 0.2) is 0 Å². The van der Waals surface area contributed by atoms with Crippen LogP contribution in [-0.2, 0) is 30.7 Å². The average molecular weight is 639 g/mol. The molecule has 3 atom stereocenters. The zero-order valence-electron chi connectivity index (χ0n) is 28.2. The Bertz CT molecular complexity index is 1130. The van der Waals surface area contributed by atoms with Crippen LogP contribution in [0.4, 0.5) is 9.18 Å². The highest BCUT2D eigenvalue weighted by Gasteiger charge is 2.54. The van der Waals surface area contributed by atoms with Crippen molar-refractivity contribution in [1.29, 1.82) is 0 Å². The SMILES string of the molecule is COC(=O)C(C1CC(C(O[Si](C)C)C(C)(C)C)C1)C(C)(NC(=O)OC1CC(C)(F)C1)c1ccc(CCC(C)(C)C)c(Cl)c1. The molecule has 2 saturated carbocycles. The summed E-state index contributed by atoms with van der Waals surface area (Å²) in [5.74, 6) is -0.867. The van der Waals surface area contributed by atoms with Gasteiger partial charge in [0, 0.05) is 17.9 Å². The molecule has 0 aliphatic heterocycles. The van der Waals surface area contributed by atoms with Gasteiger partial charge in [0.05, 0.1) is 24.7 Å². The highest BCUT2D eigenvalue weighted by atomic mass is 35.5. The normalized spacial score (nSPS) is 26.9. The van der Waals surface area contributed by atoms with Crippen LogP contribution in [0.3, 0.4) is 0 Å². The molecule has 1 aromatic rings. The van der Waals surface area contributed by atoms with E-state index in [0.29, 0.717) is 10.6 Å². The fourth-order valence-corrected chi connectivity index (χ4v) is 8.10. The van der Waals surface area contributed by atoms with Crippen LogP contribution in [0.2, 0.25) is 18.1 Å². The summed E-state index contributed by atoms with van der Waals surface area (Å²) in [5, 5.41) is 3.63. The third-order valence-corrected chi connectivity index (χ3v) is 10.2. The Hall–Kier alpha value is -1.64. The van der Waals surface area contributed by atoms with Crippen LogP contribution in [0.15, 0.2) is 18.2 Å². The van der Waals surface area contributed by atoms with Crippen molar-refractivity contribution in [2.75, 3.05) is 7.11 Å². The monoisotopic (exact) mass is 638 g/mol. The fraction of sp³-hybridized carbons (Fsp3) is 0.765. The number of methoxy groups -OCH3 is 1. The summed E-state index contributed by atoms with van der Waals surface area (Å²) in [6, 6.07) is 5.79. The van der Waals surface area contributed by atoms with Gasteiger partial charge in [-0.25, -0.2) is 9.18 Å². The number of carbonyl (C=O) groups excluding carboxylic acids is 2. The highest BCUT2D eigenvalue weighted by molar-refractivity contribution is 6.48. The molecule has 3 unspecified atom stereocenters. The number of ether oxygens (including phenoxy) is 2. The molecule has 1 amide bonds. The summed E-state index contributed by atoms with van der Waals surface area (Å²) in [5.41, 5.74) is -0.688. The molecule has 6 nitrogen and oxygen atoms in total. The molecule has 2 fully saturated rings. The van der Waals surface area contributed by atoms with Crippen molar-refractivity contribution in [1.82, 2.24) is 5.32 Å². The molecule has 0 saturated heterocycles. The van der Waals surface area contributed by atoms with Gasteiger partial charge >= 0.3 is 12.1 Å². The molecular formula is C34H54ClFNO5Si. The van der Waals surface area contributed by atoms with E-state index in [2.05, 4.69) is 60.0 Å². The van der Waals surface area contributed by atoms with Crippen LogP contribution in [0, 0.1) is 28.6 Å². The molecule has 1 N–H and O–H groups in total. The first-order valence-corrected chi connectivity index (χ1v) is 18.4. The van der Waals surface area contributed by atoms with E-state index in [1.54, 1.807) is 0 Å². The zero-order chi connectivity index (χ0) is 32.5. The maximum atomic E-state index is 14.1. The second-order valence-electron chi connectivity index (χ2n) is 15.8. The first kappa shape index (κ1) is 35.8. The standard InChI is InChI=1S/C34H54ClFNO5Si/c1-31(2,3)15-14-21-12-13-24(18-26(21)35)34(8,37-30(39)41-25-19-33(7,36)20-25)27(29(38)40-9)22-16-23(17-22)28(32(4,5)6)42-43(10)11/h12-13,18,22-23,25,27-28H,14-17,19-20H2,1-11H3,(H,37,39). The van der Waals surface area contributed by atoms with E-state index in [-0.39, 0.29) is 41.6 Å². The Morgan fingerprint density at radius 3 is 2.16 bits per heavy atom. The van der Waals surface area contributed by atoms with Crippen LogP contribution in [-0.4, -0.2) is 46.1 Å². The number of benzene rings is 1. The molecule has 0 bridgehead atoms. The first-order chi connectivity index (χ1) is 19.6. The molecule has 1 aromatic carbocycles. The number of alkyl halides is 1. The summed E-state index contributed by atoms with van der Waals surface area (Å²) >= 11 is 6.84. The molecule has 43 heavy (non-hydrogen) atoms. The third-order valence-electron chi connectivity index (χ3n) is 9.14. The largest absolute Gasteiger partial charge is 0.469 e. The number of aryl methyl sites for hydroxylation is 1. The Balaban J connectivity index is 1.95.